The number of allylic oxidation sites excluding steroid dienone is 1. The number of hydrogen-bond acceptors (Lipinski definition) is 3. The van der Waals surface area contributed by atoms with Gasteiger partial charge in [-0.05, 0) is 24.7 Å². The van der Waals surface area contributed by atoms with Crippen molar-refractivity contribution in [3.8, 4) is 0 Å². The Morgan fingerprint density at radius 2 is 2.29 bits per heavy atom. The van der Waals surface area contributed by atoms with Crippen LogP contribution in [0.25, 0.3) is 0 Å². The maximum Gasteiger partial charge on any atom is 0.264 e. The van der Waals surface area contributed by atoms with Gasteiger partial charge in [-0.25, -0.2) is 0 Å². The van der Waals surface area contributed by atoms with Crippen molar-refractivity contribution in [3.05, 3.63) is 12.7 Å². The Morgan fingerprint density at radius 1 is 1.64 bits per heavy atom. The van der Waals surface area contributed by atoms with Gasteiger partial charge < -0.3 is 0 Å². The molecule has 82 valence electrons. The summed E-state index contributed by atoms with van der Waals surface area (Å²) in [5, 5.41) is 0. The molecule has 0 bridgehead atoms. The maximum absolute atomic E-state index is 11.0. The first kappa shape index (κ1) is 11.7. The molecule has 0 aliphatic heterocycles. The van der Waals surface area contributed by atoms with Crippen molar-refractivity contribution in [2.45, 2.75) is 38.7 Å². The fraction of sp³-hybridized carbons (Fsp3) is 0.800. The Morgan fingerprint density at radius 3 is 2.79 bits per heavy atom. The average Bonchev–Trinajstić information content (AvgIpc) is 2.30. The van der Waals surface area contributed by atoms with Gasteiger partial charge in [0.15, 0.2) is 0 Å². The molecule has 2 atom stereocenters. The molecule has 1 aliphatic carbocycles. The Kier molecular flexibility index (Phi) is 3.37. The van der Waals surface area contributed by atoms with Gasteiger partial charge in [-0.2, -0.15) is 8.42 Å². The fourth-order valence-electron chi connectivity index (χ4n) is 2.14. The quantitative estimate of drug-likeness (QED) is 0.536. The van der Waals surface area contributed by atoms with E-state index in [1.807, 2.05) is 6.08 Å². The largest absolute Gasteiger partial charge is 0.266 e. The highest BCUT2D eigenvalue weighted by molar-refractivity contribution is 7.86. The number of rotatable bonds is 4. The van der Waals surface area contributed by atoms with Crippen molar-refractivity contribution in [2.24, 2.45) is 5.41 Å². The van der Waals surface area contributed by atoms with Crippen LogP contribution in [0.4, 0.5) is 0 Å². The lowest BCUT2D eigenvalue weighted by Gasteiger charge is -2.29. The van der Waals surface area contributed by atoms with E-state index in [4.69, 9.17) is 4.18 Å². The van der Waals surface area contributed by atoms with Crippen LogP contribution in [0.3, 0.4) is 0 Å². The molecule has 0 N–H and O–H groups in total. The smallest absolute Gasteiger partial charge is 0.264 e. The van der Waals surface area contributed by atoms with Gasteiger partial charge in [-0.3, -0.25) is 4.18 Å². The van der Waals surface area contributed by atoms with Crippen LogP contribution in [-0.4, -0.2) is 20.8 Å². The van der Waals surface area contributed by atoms with E-state index >= 15 is 0 Å². The van der Waals surface area contributed by atoms with Crippen LogP contribution < -0.4 is 0 Å². The van der Waals surface area contributed by atoms with Crippen LogP contribution in [-0.2, 0) is 14.3 Å². The average molecular weight is 218 g/mol. The second kappa shape index (κ2) is 4.03. The lowest BCUT2D eigenvalue weighted by molar-refractivity contribution is 0.0985. The summed E-state index contributed by atoms with van der Waals surface area (Å²) < 4.78 is 27.2. The lowest BCUT2D eigenvalue weighted by atomic mass is 9.83. The first-order valence-corrected chi connectivity index (χ1v) is 6.68. The second-order valence-electron chi connectivity index (χ2n) is 4.33. The molecule has 0 aromatic heterocycles. The molecule has 1 rings (SSSR count). The molecule has 4 heteroatoms. The van der Waals surface area contributed by atoms with Crippen LogP contribution in [0.15, 0.2) is 12.7 Å². The molecule has 1 saturated carbocycles. The van der Waals surface area contributed by atoms with Gasteiger partial charge in [-0.1, -0.05) is 19.4 Å². The third-order valence-electron chi connectivity index (χ3n) is 2.89. The van der Waals surface area contributed by atoms with Crippen molar-refractivity contribution >= 4 is 10.1 Å². The first-order chi connectivity index (χ1) is 6.37. The molecule has 1 fully saturated rings. The minimum absolute atomic E-state index is 0.0508. The highest BCUT2D eigenvalue weighted by atomic mass is 32.2. The van der Waals surface area contributed by atoms with Crippen LogP contribution in [0, 0.1) is 5.41 Å². The molecule has 1 aliphatic rings. The van der Waals surface area contributed by atoms with Gasteiger partial charge in [0.2, 0.25) is 0 Å². The zero-order chi connectivity index (χ0) is 10.8. The van der Waals surface area contributed by atoms with E-state index in [1.54, 1.807) is 0 Å². The van der Waals surface area contributed by atoms with E-state index in [1.165, 1.54) is 0 Å². The van der Waals surface area contributed by atoms with Crippen LogP contribution >= 0.6 is 0 Å². The van der Waals surface area contributed by atoms with Crippen molar-refractivity contribution < 1.29 is 12.6 Å². The third kappa shape index (κ3) is 2.82. The normalized spacial score (nSPS) is 33.1. The van der Waals surface area contributed by atoms with E-state index in [2.05, 4.69) is 13.5 Å². The van der Waals surface area contributed by atoms with E-state index in [0.29, 0.717) is 0 Å². The molecule has 0 aromatic carbocycles. The zero-order valence-corrected chi connectivity index (χ0v) is 9.64. The standard InChI is InChI=1S/C10H18O3S/c1-4-7-10(2)8-5-6-9(10)13-14(3,11)12/h4,9H,1,5-8H2,2-3H3/t9-,10-/m0/s1. The van der Waals surface area contributed by atoms with E-state index in [9.17, 15) is 8.42 Å². The molecule has 14 heavy (non-hydrogen) atoms. The van der Waals surface area contributed by atoms with E-state index < -0.39 is 10.1 Å². The van der Waals surface area contributed by atoms with Crippen molar-refractivity contribution in [3.63, 3.8) is 0 Å². The molecule has 0 aromatic rings. The predicted octanol–water partition coefficient (Wildman–Crippen LogP) is 2.10. The molecule has 0 saturated heterocycles. The highest BCUT2D eigenvalue weighted by Crippen LogP contribution is 2.43. The van der Waals surface area contributed by atoms with Crippen molar-refractivity contribution in [2.75, 3.05) is 6.26 Å². The maximum atomic E-state index is 11.0. The van der Waals surface area contributed by atoms with Gasteiger partial charge in [0.1, 0.15) is 0 Å². The van der Waals surface area contributed by atoms with E-state index in [-0.39, 0.29) is 11.5 Å². The molecular formula is C10H18O3S. The number of hydrogen-bond donors (Lipinski definition) is 0. The van der Waals surface area contributed by atoms with E-state index in [0.717, 1.165) is 31.9 Å². The van der Waals surface area contributed by atoms with Gasteiger partial charge in [0, 0.05) is 0 Å². The SMILES string of the molecule is C=CC[C@@]1(C)CCC[C@@H]1OS(C)(=O)=O. The molecule has 0 spiro atoms. The zero-order valence-electron chi connectivity index (χ0n) is 8.82. The summed E-state index contributed by atoms with van der Waals surface area (Å²) in [5.41, 5.74) is -0.0508. The predicted molar refractivity (Wildman–Crippen MR) is 56.5 cm³/mol. The summed E-state index contributed by atoms with van der Waals surface area (Å²) in [5.74, 6) is 0. The monoisotopic (exact) mass is 218 g/mol. The summed E-state index contributed by atoms with van der Waals surface area (Å²) >= 11 is 0. The van der Waals surface area contributed by atoms with Crippen LogP contribution in [0.1, 0.15) is 32.6 Å². The minimum atomic E-state index is -3.33. The third-order valence-corrected chi connectivity index (χ3v) is 3.48. The Balaban J connectivity index is 2.73. The summed E-state index contributed by atoms with van der Waals surface area (Å²) in [7, 11) is -3.33. The summed E-state index contributed by atoms with van der Waals surface area (Å²) in [6, 6.07) is 0. The Hall–Kier alpha value is -0.350. The molecule has 0 amide bonds. The molecule has 0 unspecified atom stereocenters. The topological polar surface area (TPSA) is 43.4 Å². The van der Waals surface area contributed by atoms with Gasteiger partial charge in [0.05, 0.1) is 12.4 Å². The van der Waals surface area contributed by atoms with Crippen LogP contribution in [0.2, 0.25) is 0 Å². The first-order valence-electron chi connectivity index (χ1n) is 4.86. The summed E-state index contributed by atoms with van der Waals surface area (Å²) in [6.07, 6.45) is 6.47. The molecular weight excluding hydrogens is 200 g/mol. The minimum Gasteiger partial charge on any atom is -0.266 e. The summed E-state index contributed by atoms with van der Waals surface area (Å²) in [6.45, 7) is 5.76. The van der Waals surface area contributed by atoms with Crippen LogP contribution in [0.5, 0.6) is 0 Å². The molecule has 0 heterocycles. The highest BCUT2D eigenvalue weighted by Gasteiger charge is 2.40. The van der Waals surface area contributed by atoms with Gasteiger partial charge in [0.25, 0.3) is 10.1 Å². The van der Waals surface area contributed by atoms with Crippen molar-refractivity contribution in [1.29, 1.82) is 0 Å². The Bertz CT molecular complexity index is 307. The summed E-state index contributed by atoms with van der Waals surface area (Å²) in [4.78, 5) is 0. The molecule has 3 nitrogen and oxygen atoms in total. The Labute approximate surface area is 86.3 Å². The lowest BCUT2D eigenvalue weighted by Crippen LogP contribution is -2.30. The van der Waals surface area contributed by atoms with Gasteiger partial charge >= 0.3 is 0 Å². The molecule has 0 radical (unpaired) electrons. The van der Waals surface area contributed by atoms with Crippen molar-refractivity contribution in [1.82, 2.24) is 0 Å². The van der Waals surface area contributed by atoms with Gasteiger partial charge in [-0.15, -0.1) is 6.58 Å². The second-order valence-corrected chi connectivity index (χ2v) is 5.93. The fourth-order valence-corrected chi connectivity index (χ4v) is 2.89.